The van der Waals surface area contributed by atoms with Gasteiger partial charge in [-0.3, -0.25) is 24.1 Å². The largest absolute Gasteiger partial charge is 0.507 e. The summed E-state index contributed by atoms with van der Waals surface area (Å²) in [5.74, 6) is -2.83. The molecule has 0 spiro atoms. The van der Waals surface area contributed by atoms with Gasteiger partial charge < -0.3 is 9.84 Å². The smallest absolute Gasteiger partial charge is 0.234 e. The Morgan fingerprint density at radius 1 is 0.977 bits per heavy atom. The minimum absolute atomic E-state index is 0.0641. The lowest BCUT2D eigenvalue weighted by atomic mass is 9.59. The van der Waals surface area contributed by atoms with E-state index in [-0.39, 0.29) is 42.1 Å². The molecule has 216 valence electrons. The lowest BCUT2D eigenvalue weighted by Gasteiger charge is -2.42. The van der Waals surface area contributed by atoms with Gasteiger partial charge >= 0.3 is 0 Å². The normalized spacial score (nSPS) is 24.8. The number of allylic oxidation sites excluding steroid dienone is 6. The molecule has 0 radical (unpaired) electrons. The van der Waals surface area contributed by atoms with Crippen molar-refractivity contribution >= 4 is 34.7 Å². The summed E-state index contributed by atoms with van der Waals surface area (Å²) in [4.78, 5) is 56.6. The number of carbonyl (C=O) groups is 4. The molecular formula is C35H29NO6S. The molecule has 1 saturated heterocycles. The van der Waals surface area contributed by atoms with Crippen molar-refractivity contribution in [2.45, 2.75) is 38.8 Å². The summed E-state index contributed by atoms with van der Waals surface area (Å²) >= 11 is 1.50. The van der Waals surface area contributed by atoms with Crippen LogP contribution >= 0.6 is 11.3 Å². The molecule has 0 unspecified atom stereocenters. The molecule has 1 fully saturated rings. The number of Topliss-reactive ketones (excluding diaryl/α,β-unsaturated/α-hetero) is 1. The second-order valence-corrected chi connectivity index (χ2v) is 12.6. The predicted octanol–water partition coefficient (Wildman–Crippen LogP) is 5.66. The molecule has 4 aliphatic rings. The Balaban J connectivity index is 1.26. The van der Waals surface area contributed by atoms with E-state index in [1.54, 1.807) is 19.1 Å². The number of rotatable bonds is 6. The van der Waals surface area contributed by atoms with Crippen molar-refractivity contribution in [1.29, 1.82) is 0 Å². The number of ketones is 2. The molecule has 7 nitrogen and oxygen atoms in total. The summed E-state index contributed by atoms with van der Waals surface area (Å²) in [6.07, 6.45) is 3.89. The summed E-state index contributed by atoms with van der Waals surface area (Å²) in [6.45, 7) is 2.17. The number of ether oxygens (including phenoxy) is 1. The Hall–Kier alpha value is -4.56. The Labute approximate surface area is 252 Å². The first-order chi connectivity index (χ1) is 20.8. The maximum atomic E-state index is 13.9. The van der Waals surface area contributed by atoms with Gasteiger partial charge in [0.1, 0.15) is 18.1 Å². The van der Waals surface area contributed by atoms with Crippen LogP contribution in [0.25, 0.3) is 0 Å². The number of likely N-dealkylation sites (tertiary alicyclic amines) is 1. The molecule has 1 aromatic heterocycles. The van der Waals surface area contributed by atoms with E-state index in [2.05, 4.69) is 0 Å². The van der Waals surface area contributed by atoms with E-state index in [1.165, 1.54) is 28.4 Å². The fraction of sp³-hybridized carbons (Fsp3) is 0.257. The topological polar surface area (TPSA) is 101 Å². The number of benzene rings is 2. The molecular weight excluding hydrogens is 562 g/mol. The number of amides is 2. The average molecular weight is 592 g/mol. The average Bonchev–Trinajstić information content (AvgIpc) is 3.61. The van der Waals surface area contributed by atoms with Gasteiger partial charge in [-0.2, -0.15) is 0 Å². The predicted molar refractivity (Wildman–Crippen MR) is 160 cm³/mol. The Morgan fingerprint density at radius 2 is 1.79 bits per heavy atom. The molecule has 0 bridgehead atoms. The van der Waals surface area contributed by atoms with Crippen LogP contribution in [0.15, 0.2) is 100 Å². The molecule has 0 saturated carbocycles. The Kier molecular flexibility index (Phi) is 6.73. The van der Waals surface area contributed by atoms with Gasteiger partial charge in [0.05, 0.1) is 18.4 Å². The van der Waals surface area contributed by atoms with E-state index in [1.807, 2.05) is 53.9 Å². The fourth-order valence-corrected chi connectivity index (χ4v) is 7.81. The third-order valence-electron chi connectivity index (χ3n) is 9.11. The van der Waals surface area contributed by atoms with E-state index in [9.17, 15) is 24.3 Å². The zero-order valence-corrected chi connectivity index (χ0v) is 24.3. The second-order valence-electron chi connectivity index (χ2n) is 11.6. The minimum Gasteiger partial charge on any atom is -0.507 e. The van der Waals surface area contributed by atoms with Gasteiger partial charge in [0.2, 0.25) is 11.8 Å². The number of imide groups is 1. The van der Waals surface area contributed by atoms with E-state index >= 15 is 0 Å². The molecule has 7 rings (SSSR count). The third kappa shape index (κ3) is 4.57. The summed E-state index contributed by atoms with van der Waals surface area (Å²) in [6, 6.07) is 18.5. The summed E-state index contributed by atoms with van der Waals surface area (Å²) < 4.78 is 5.91. The standard InChI is InChI=1S/C35H29NO6S/c1-19-14-29(38)32-27(33(19)39)16-26-23(11-12-25-31(26)35(41)36(34(25)40)17-22-8-5-13-43-22)30(32)24-10-9-21(15-28(24)37)42-18-20-6-3-2-4-7-20/h2-11,13-15,25-26,30-31,37H,12,16-18H2,1H3/t25-,26+,30+,31-/m0/s1. The van der Waals surface area contributed by atoms with Crippen LogP contribution in [-0.4, -0.2) is 33.4 Å². The van der Waals surface area contributed by atoms with E-state index in [0.717, 1.165) is 16.0 Å². The van der Waals surface area contributed by atoms with Gasteiger partial charge in [-0.05, 0) is 54.8 Å². The SMILES string of the molecule is CC1=CC(=O)C2=C(C[C@@H]3C(=CC[C@@H]4C(=O)N(Cc5cccs5)C(=O)[C@@H]43)[C@@H]2c2ccc(OCc3ccccc3)cc2O)C1=O. The first kappa shape index (κ1) is 27.3. The molecule has 43 heavy (non-hydrogen) atoms. The van der Waals surface area contributed by atoms with Gasteiger partial charge in [-0.15, -0.1) is 11.3 Å². The lowest BCUT2D eigenvalue weighted by Crippen LogP contribution is -2.39. The first-order valence-electron chi connectivity index (χ1n) is 14.4. The number of fused-ring (bicyclic) bond motifs is 3. The van der Waals surface area contributed by atoms with Gasteiger partial charge in [-0.25, -0.2) is 0 Å². The van der Waals surface area contributed by atoms with Crippen LogP contribution in [-0.2, 0) is 32.3 Å². The molecule has 3 aliphatic carbocycles. The molecule has 2 heterocycles. The van der Waals surface area contributed by atoms with Gasteiger partial charge in [0.25, 0.3) is 0 Å². The van der Waals surface area contributed by atoms with Crippen LogP contribution < -0.4 is 4.74 Å². The highest BCUT2D eigenvalue weighted by Crippen LogP contribution is 2.56. The van der Waals surface area contributed by atoms with E-state index in [0.29, 0.717) is 41.1 Å². The number of carbonyl (C=O) groups excluding carboxylic acids is 4. The number of hydrogen-bond acceptors (Lipinski definition) is 7. The zero-order chi connectivity index (χ0) is 29.8. The van der Waals surface area contributed by atoms with Gasteiger partial charge in [0, 0.05) is 39.1 Å². The number of aromatic hydroxyl groups is 1. The van der Waals surface area contributed by atoms with Crippen molar-refractivity contribution in [3.05, 3.63) is 116 Å². The van der Waals surface area contributed by atoms with Crippen LogP contribution in [0, 0.1) is 17.8 Å². The number of phenols is 1. The van der Waals surface area contributed by atoms with Crippen LogP contribution in [0.5, 0.6) is 11.5 Å². The molecule has 1 aliphatic heterocycles. The highest BCUT2D eigenvalue weighted by Gasteiger charge is 2.56. The zero-order valence-electron chi connectivity index (χ0n) is 23.5. The highest BCUT2D eigenvalue weighted by molar-refractivity contribution is 7.09. The molecule has 4 atom stereocenters. The highest BCUT2D eigenvalue weighted by atomic mass is 32.1. The van der Waals surface area contributed by atoms with Crippen molar-refractivity contribution in [2.24, 2.45) is 17.8 Å². The van der Waals surface area contributed by atoms with Gasteiger partial charge in [0.15, 0.2) is 11.6 Å². The van der Waals surface area contributed by atoms with Crippen molar-refractivity contribution in [3.8, 4) is 11.5 Å². The molecule has 2 aromatic carbocycles. The fourth-order valence-electron chi connectivity index (χ4n) is 7.12. The van der Waals surface area contributed by atoms with Crippen molar-refractivity contribution in [1.82, 2.24) is 4.90 Å². The maximum absolute atomic E-state index is 13.9. The molecule has 1 N–H and O–H groups in total. The van der Waals surface area contributed by atoms with Crippen LogP contribution in [0.4, 0.5) is 0 Å². The minimum atomic E-state index is -0.715. The Morgan fingerprint density at radius 3 is 2.53 bits per heavy atom. The lowest BCUT2D eigenvalue weighted by molar-refractivity contribution is -0.140. The molecule has 3 aromatic rings. The molecule has 8 heteroatoms. The van der Waals surface area contributed by atoms with Crippen LogP contribution in [0.3, 0.4) is 0 Å². The van der Waals surface area contributed by atoms with Gasteiger partial charge in [-0.1, -0.05) is 54.1 Å². The third-order valence-corrected chi connectivity index (χ3v) is 9.97. The molecule has 2 amide bonds. The number of hydrogen-bond donors (Lipinski definition) is 1. The summed E-state index contributed by atoms with van der Waals surface area (Å²) in [7, 11) is 0. The number of phenolic OH excluding ortho intramolecular Hbond substituents is 1. The quantitative estimate of drug-likeness (QED) is 0.226. The summed E-state index contributed by atoms with van der Waals surface area (Å²) in [5.41, 5.74) is 3.33. The van der Waals surface area contributed by atoms with Crippen LogP contribution in [0.1, 0.15) is 41.7 Å². The van der Waals surface area contributed by atoms with E-state index in [4.69, 9.17) is 4.74 Å². The summed E-state index contributed by atoms with van der Waals surface area (Å²) in [5, 5.41) is 13.2. The number of thiophene rings is 1. The maximum Gasteiger partial charge on any atom is 0.234 e. The van der Waals surface area contributed by atoms with Crippen molar-refractivity contribution in [2.75, 3.05) is 0 Å². The first-order valence-corrected chi connectivity index (χ1v) is 15.3. The van der Waals surface area contributed by atoms with Crippen molar-refractivity contribution < 1.29 is 29.0 Å². The van der Waals surface area contributed by atoms with E-state index < -0.39 is 23.7 Å². The van der Waals surface area contributed by atoms with Crippen LogP contribution in [0.2, 0.25) is 0 Å². The number of nitrogens with zero attached hydrogens (tertiary/aromatic N) is 1. The monoisotopic (exact) mass is 591 g/mol. The van der Waals surface area contributed by atoms with Crippen molar-refractivity contribution in [3.63, 3.8) is 0 Å². The Bertz CT molecular complexity index is 1770. The second kappa shape index (κ2) is 10.6.